The van der Waals surface area contributed by atoms with Crippen molar-refractivity contribution in [1.29, 1.82) is 0 Å². The maximum absolute atomic E-state index is 14.7. The number of alkyl halides is 3. The average Bonchev–Trinajstić information content (AvgIpc) is 3.55. The fourth-order valence-corrected chi connectivity index (χ4v) is 4.67. The monoisotopic (exact) mass is 526 g/mol. The third kappa shape index (κ3) is 4.18. The summed E-state index contributed by atoms with van der Waals surface area (Å²) in [6.45, 7) is 4.87. The number of aromatic amines is 1. The minimum Gasteiger partial charge on any atom is -0.384 e. The number of fused-ring (bicyclic) bond motifs is 3. The first-order valence-electron chi connectivity index (χ1n) is 12.0. The van der Waals surface area contributed by atoms with Crippen molar-refractivity contribution in [2.24, 2.45) is 0 Å². The number of morpholine rings is 1. The highest BCUT2D eigenvalue weighted by atomic mass is 19.4. The van der Waals surface area contributed by atoms with E-state index < -0.39 is 17.7 Å². The van der Waals surface area contributed by atoms with E-state index in [9.17, 15) is 17.6 Å². The molecule has 0 saturated carbocycles. The summed E-state index contributed by atoms with van der Waals surface area (Å²) in [5.74, 6) is 0.0240. The van der Waals surface area contributed by atoms with Gasteiger partial charge in [0.05, 0.1) is 35.5 Å². The van der Waals surface area contributed by atoms with Gasteiger partial charge in [0.2, 0.25) is 5.95 Å². The molecule has 13 heteroatoms. The highest BCUT2D eigenvalue weighted by Gasteiger charge is 2.34. The molecule has 0 bridgehead atoms. The zero-order chi connectivity index (χ0) is 26.4. The van der Waals surface area contributed by atoms with E-state index in [4.69, 9.17) is 4.74 Å². The van der Waals surface area contributed by atoms with Crippen LogP contribution in [0.3, 0.4) is 0 Å². The number of nitrogens with zero attached hydrogens (tertiary/aromatic N) is 6. The second-order valence-corrected chi connectivity index (χ2v) is 8.79. The molecule has 196 valence electrons. The highest BCUT2D eigenvalue weighted by Crippen LogP contribution is 2.39. The molecule has 1 fully saturated rings. The zero-order valence-corrected chi connectivity index (χ0v) is 20.2. The van der Waals surface area contributed by atoms with Crippen molar-refractivity contribution in [3.63, 3.8) is 0 Å². The molecule has 0 unspecified atom stereocenters. The second-order valence-electron chi connectivity index (χ2n) is 8.79. The van der Waals surface area contributed by atoms with Crippen LogP contribution in [0.25, 0.3) is 38.8 Å². The first kappa shape index (κ1) is 24.1. The van der Waals surface area contributed by atoms with Gasteiger partial charge in [0, 0.05) is 60.9 Å². The van der Waals surface area contributed by atoms with Gasteiger partial charge in [0.25, 0.3) is 0 Å². The van der Waals surface area contributed by atoms with E-state index in [0.29, 0.717) is 83.2 Å². The second kappa shape index (κ2) is 9.24. The lowest BCUT2D eigenvalue weighted by Crippen LogP contribution is -2.37. The zero-order valence-electron chi connectivity index (χ0n) is 20.2. The minimum atomic E-state index is -4.63. The number of nitrogens with one attached hydrogen (secondary N) is 2. The van der Waals surface area contributed by atoms with Crippen LogP contribution in [-0.2, 0) is 10.9 Å². The van der Waals surface area contributed by atoms with Crippen molar-refractivity contribution >= 4 is 33.6 Å². The number of hydrogen-bond donors (Lipinski definition) is 2. The summed E-state index contributed by atoms with van der Waals surface area (Å²) < 4.78 is 61.6. The van der Waals surface area contributed by atoms with Crippen molar-refractivity contribution in [2.75, 3.05) is 43.1 Å². The molecule has 0 amide bonds. The lowest BCUT2D eigenvalue weighted by Gasteiger charge is -2.26. The summed E-state index contributed by atoms with van der Waals surface area (Å²) >= 11 is 0. The van der Waals surface area contributed by atoms with Crippen LogP contribution in [0.1, 0.15) is 12.6 Å². The topological polar surface area (TPSA) is 96.8 Å². The number of halogens is 4. The molecular formula is C25H22F4N8O. The SMILES string of the molecule is CCNc1cc(F)cc2c1[nH]c1ncc(-c3cnc(N4CCOCC4)nc3)c(-n3ccc(C(F)(F)F)n3)c12. The Balaban J connectivity index is 1.58. The van der Waals surface area contributed by atoms with Crippen LogP contribution in [0.2, 0.25) is 0 Å². The highest BCUT2D eigenvalue weighted by molar-refractivity contribution is 6.15. The summed E-state index contributed by atoms with van der Waals surface area (Å²) in [6, 6.07) is 3.58. The molecule has 0 radical (unpaired) electrons. The first-order valence-corrected chi connectivity index (χ1v) is 12.0. The quantitative estimate of drug-likeness (QED) is 0.318. The van der Waals surface area contributed by atoms with Crippen LogP contribution in [0.15, 0.2) is 43.0 Å². The van der Waals surface area contributed by atoms with Crippen molar-refractivity contribution in [1.82, 2.24) is 29.7 Å². The molecule has 1 saturated heterocycles. The summed E-state index contributed by atoms with van der Waals surface area (Å²) in [6.07, 6.45) is 1.31. The van der Waals surface area contributed by atoms with E-state index in [-0.39, 0.29) is 0 Å². The normalized spacial score (nSPS) is 14.5. The van der Waals surface area contributed by atoms with E-state index in [1.165, 1.54) is 24.5 Å². The maximum Gasteiger partial charge on any atom is 0.435 e. The number of anilines is 2. The Morgan fingerprint density at radius 3 is 2.53 bits per heavy atom. The predicted molar refractivity (Wildman–Crippen MR) is 134 cm³/mol. The fraction of sp³-hybridized carbons (Fsp3) is 0.280. The number of benzene rings is 1. The van der Waals surface area contributed by atoms with Gasteiger partial charge in [-0.05, 0) is 25.1 Å². The van der Waals surface area contributed by atoms with Gasteiger partial charge >= 0.3 is 6.18 Å². The number of rotatable bonds is 5. The van der Waals surface area contributed by atoms with Gasteiger partial charge < -0.3 is 19.9 Å². The third-order valence-electron chi connectivity index (χ3n) is 6.39. The molecule has 0 aliphatic carbocycles. The van der Waals surface area contributed by atoms with Crippen LogP contribution in [0.4, 0.5) is 29.2 Å². The molecule has 0 spiro atoms. The van der Waals surface area contributed by atoms with E-state index in [2.05, 4.69) is 30.4 Å². The van der Waals surface area contributed by atoms with Gasteiger partial charge in [-0.25, -0.2) is 24.0 Å². The van der Waals surface area contributed by atoms with Crippen LogP contribution >= 0.6 is 0 Å². The van der Waals surface area contributed by atoms with E-state index in [1.807, 2.05) is 11.8 Å². The number of H-pyrrole nitrogens is 1. The van der Waals surface area contributed by atoms with Gasteiger partial charge in [-0.15, -0.1) is 0 Å². The smallest absolute Gasteiger partial charge is 0.384 e. The Bertz CT molecular complexity index is 1620. The lowest BCUT2D eigenvalue weighted by molar-refractivity contribution is -0.141. The van der Waals surface area contributed by atoms with E-state index >= 15 is 0 Å². The molecule has 5 heterocycles. The Hall–Kier alpha value is -4.26. The number of ether oxygens (including phenoxy) is 1. The van der Waals surface area contributed by atoms with Crippen LogP contribution in [-0.4, -0.2) is 62.6 Å². The van der Waals surface area contributed by atoms with Crippen LogP contribution in [0.5, 0.6) is 0 Å². The summed E-state index contributed by atoms with van der Waals surface area (Å²) in [5, 5.41) is 7.82. The number of hydrogen-bond acceptors (Lipinski definition) is 7. The van der Waals surface area contributed by atoms with E-state index in [1.54, 1.807) is 12.4 Å². The van der Waals surface area contributed by atoms with Crippen molar-refractivity contribution in [3.8, 4) is 16.8 Å². The average molecular weight is 526 g/mol. The van der Waals surface area contributed by atoms with Crippen LogP contribution in [0, 0.1) is 5.82 Å². The van der Waals surface area contributed by atoms with Gasteiger partial charge in [-0.3, -0.25) is 0 Å². The number of aromatic nitrogens is 6. The lowest BCUT2D eigenvalue weighted by atomic mass is 10.0. The number of pyridine rings is 1. The fourth-order valence-electron chi connectivity index (χ4n) is 4.67. The molecule has 9 nitrogen and oxygen atoms in total. The molecule has 2 N–H and O–H groups in total. The summed E-state index contributed by atoms with van der Waals surface area (Å²) in [7, 11) is 0. The largest absolute Gasteiger partial charge is 0.435 e. The first-order chi connectivity index (χ1) is 18.3. The van der Waals surface area contributed by atoms with Gasteiger partial charge in [0.1, 0.15) is 11.5 Å². The van der Waals surface area contributed by atoms with Crippen molar-refractivity contribution < 1.29 is 22.3 Å². The maximum atomic E-state index is 14.7. The predicted octanol–water partition coefficient (Wildman–Crippen LogP) is 4.79. The molecule has 38 heavy (non-hydrogen) atoms. The molecule has 6 rings (SSSR count). The van der Waals surface area contributed by atoms with Gasteiger partial charge in [-0.1, -0.05) is 0 Å². The Labute approximate surface area is 213 Å². The molecule has 1 aliphatic heterocycles. The third-order valence-corrected chi connectivity index (χ3v) is 6.39. The minimum absolute atomic E-state index is 0.299. The van der Waals surface area contributed by atoms with Gasteiger partial charge in [0.15, 0.2) is 5.69 Å². The molecule has 1 aromatic carbocycles. The van der Waals surface area contributed by atoms with Crippen LogP contribution < -0.4 is 10.2 Å². The van der Waals surface area contributed by atoms with Gasteiger partial charge in [-0.2, -0.15) is 18.3 Å². The molecular weight excluding hydrogens is 504 g/mol. The molecule has 1 aliphatic rings. The molecule has 4 aromatic heterocycles. The summed E-state index contributed by atoms with van der Waals surface area (Å²) in [5.41, 5.74) is 1.68. The van der Waals surface area contributed by atoms with E-state index in [0.717, 1.165) is 10.7 Å². The Morgan fingerprint density at radius 1 is 1.08 bits per heavy atom. The Kier molecular flexibility index (Phi) is 5.86. The van der Waals surface area contributed by atoms with Crippen molar-refractivity contribution in [3.05, 3.63) is 54.5 Å². The molecule has 0 atom stereocenters. The Morgan fingerprint density at radius 2 is 1.84 bits per heavy atom. The van der Waals surface area contributed by atoms with Crippen molar-refractivity contribution in [2.45, 2.75) is 13.1 Å². The summed E-state index contributed by atoms with van der Waals surface area (Å²) in [4.78, 5) is 18.7. The molecule has 5 aromatic rings. The standard InChI is InChI=1S/C25H22F4N8O/c1-2-30-18-10-15(26)9-16-20-22(37-4-3-19(35-37)25(27,28)29)17(13-31-23(20)34-21(16)18)14-11-32-24(33-12-14)36-5-7-38-8-6-36/h3-4,9-13,30H,2,5-8H2,1H3,(H,31,34).